The standard InChI is InChI=1S/C14H18ClFN2O.ClH/c1-9-4-3-7-18(12(9)8-17)14(19)10-5-2-6-11(16)13(10)15;/h2,5-6,9,12H,3-4,7-8,17H2,1H3;1H. The zero-order valence-corrected chi connectivity index (χ0v) is 12.9. The maximum absolute atomic E-state index is 13.4. The third-order valence-electron chi connectivity index (χ3n) is 3.80. The Labute approximate surface area is 129 Å². The van der Waals surface area contributed by atoms with Crippen LogP contribution in [0, 0.1) is 11.7 Å². The fourth-order valence-corrected chi connectivity index (χ4v) is 2.89. The van der Waals surface area contributed by atoms with Gasteiger partial charge in [0.05, 0.1) is 10.6 Å². The number of benzene rings is 1. The second-order valence-electron chi connectivity index (χ2n) is 5.02. The van der Waals surface area contributed by atoms with E-state index in [4.69, 9.17) is 17.3 Å². The van der Waals surface area contributed by atoms with Gasteiger partial charge in [-0.2, -0.15) is 0 Å². The van der Waals surface area contributed by atoms with E-state index in [1.165, 1.54) is 12.1 Å². The predicted octanol–water partition coefficient (Wildman–Crippen LogP) is 3.10. The normalized spacial score (nSPS) is 22.3. The molecule has 2 rings (SSSR count). The summed E-state index contributed by atoms with van der Waals surface area (Å²) in [4.78, 5) is 14.2. The third-order valence-corrected chi connectivity index (χ3v) is 4.18. The van der Waals surface area contributed by atoms with Crippen molar-refractivity contribution in [1.82, 2.24) is 4.90 Å². The van der Waals surface area contributed by atoms with Gasteiger partial charge in [-0.1, -0.05) is 24.6 Å². The van der Waals surface area contributed by atoms with Gasteiger partial charge in [0, 0.05) is 19.1 Å². The first-order chi connectivity index (χ1) is 9.06. The van der Waals surface area contributed by atoms with Crippen molar-refractivity contribution in [2.75, 3.05) is 13.1 Å². The average Bonchev–Trinajstić information content (AvgIpc) is 2.41. The molecule has 2 N–H and O–H groups in total. The minimum Gasteiger partial charge on any atom is -0.334 e. The lowest BCUT2D eigenvalue weighted by molar-refractivity contribution is 0.0532. The van der Waals surface area contributed by atoms with Crippen LogP contribution in [0.4, 0.5) is 4.39 Å². The summed E-state index contributed by atoms with van der Waals surface area (Å²) in [5, 5.41) is -0.110. The van der Waals surface area contributed by atoms with Gasteiger partial charge in [0.25, 0.3) is 5.91 Å². The summed E-state index contributed by atoms with van der Waals surface area (Å²) in [6.07, 6.45) is 2.00. The van der Waals surface area contributed by atoms with E-state index >= 15 is 0 Å². The van der Waals surface area contributed by atoms with Gasteiger partial charge in [0.1, 0.15) is 5.82 Å². The molecule has 1 aromatic rings. The highest BCUT2D eigenvalue weighted by Gasteiger charge is 2.32. The quantitative estimate of drug-likeness (QED) is 0.910. The van der Waals surface area contributed by atoms with Crippen LogP contribution in [-0.4, -0.2) is 29.9 Å². The highest BCUT2D eigenvalue weighted by atomic mass is 35.5. The van der Waals surface area contributed by atoms with Crippen molar-refractivity contribution in [3.05, 3.63) is 34.6 Å². The first kappa shape index (κ1) is 17.2. The summed E-state index contributed by atoms with van der Waals surface area (Å²) in [6, 6.07) is 4.30. The number of nitrogens with zero attached hydrogens (tertiary/aromatic N) is 1. The molecule has 6 heteroatoms. The molecule has 0 aromatic heterocycles. The lowest BCUT2D eigenvalue weighted by atomic mass is 9.90. The van der Waals surface area contributed by atoms with Gasteiger partial charge in [-0.3, -0.25) is 4.79 Å². The molecule has 1 aromatic carbocycles. The number of carbonyl (C=O) groups is 1. The second kappa shape index (κ2) is 7.25. The van der Waals surface area contributed by atoms with Crippen molar-refractivity contribution in [1.29, 1.82) is 0 Å². The maximum atomic E-state index is 13.4. The van der Waals surface area contributed by atoms with Crippen LogP contribution in [0.1, 0.15) is 30.1 Å². The number of piperidine rings is 1. The van der Waals surface area contributed by atoms with Gasteiger partial charge < -0.3 is 10.6 Å². The topological polar surface area (TPSA) is 46.3 Å². The first-order valence-electron chi connectivity index (χ1n) is 6.51. The Balaban J connectivity index is 0.00000200. The number of nitrogens with two attached hydrogens (primary N) is 1. The summed E-state index contributed by atoms with van der Waals surface area (Å²) in [5.41, 5.74) is 5.98. The van der Waals surface area contributed by atoms with E-state index in [0.29, 0.717) is 19.0 Å². The van der Waals surface area contributed by atoms with Crippen LogP contribution in [0.5, 0.6) is 0 Å². The Morgan fingerprint density at radius 2 is 2.25 bits per heavy atom. The van der Waals surface area contributed by atoms with E-state index in [0.717, 1.165) is 12.8 Å². The van der Waals surface area contributed by atoms with Gasteiger partial charge in [0.2, 0.25) is 0 Å². The number of likely N-dealkylation sites (tertiary alicyclic amines) is 1. The monoisotopic (exact) mass is 320 g/mol. The first-order valence-corrected chi connectivity index (χ1v) is 6.89. The zero-order chi connectivity index (χ0) is 14.0. The highest BCUT2D eigenvalue weighted by molar-refractivity contribution is 6.34. The van der Waals surface area contributed by atoms with Gasteiger partial charge >= 0.3 is 0 Å². The molecule has 0 saturated carbocycles. The molecule has 0 radical (unpaired) electrons. The van der Waals surface area contributed by atoms with Crippen molar-refractivity contribution in [3.63, 3.8) is 0 Å². The average molecular weight is 321 g/mol. The molecule has 1 amide bonds. The Kier molecular flexibility index (Phi) is 6.24. The van der Waals surface area contributed by atoms with Gasteiger partial charge in [-0.25, -0.2) is 4.39 Å². The second-order valence-corrected chi connectivity index (χ2v) is 5.40. The van der Waals surface area contributed by atoms with Crippen LogP contribution in [0.25, 0.3) is 0 Å². The molecule has 1 aliphatic rings. The van der Waals surface area contributed by atoms with Crippen LogP contribution in [0.15, 0.2) is 18.2 Å². The summed E-state index contributed by atoms with van der Waals surface area (Å²) in [6.45, 7) is 3.15. The minimum absolute atomic E-state index is 0. The van der Waals surface area contributed by atoms with Crippen molar-refractivity contribution in [2.45, 2.75) is 25.8 Å². The van der Waals surface area contributed by atoms with Crippen LogP contribution in [0.2, 0.25) is 5.02 Å². The Morgan fingerprint density at radius 3 is 2.90 bits per heavy atom. The summed E-state index contributed by atoms with van der Waals surface area (Å²) in [5.74, 6) is -0.441. The molecule has 1 saturated heterocycles. The molecule has 0 spiro atoms. The van der Waals surface area contributed by atoms with Crippen molar-refractivity contribution >= 4 is 29.9 Å². The van der Waals surface area contributed by atoms with E-state index in [9.17, 15) is 9.18 Å². The summed E-state index contributed by atoms with van der Waals surface area (Å²) in [7, 11) is 0. The van der Waals surface area contributed by atoms with Crippen LogP contribution < -0.4 is 5.73 Å². The fraction of sp³-hybridized carbons (Fsp3) is 0.500. The summed E-state index contributed by atoms with van der Waals surface area (Å²) >= 11 is 5.88. The number of carbonyl (C=O) groups excluding carboxylic acids is 1. The van der Waals surface area contributed by atoms with Gasteiger partial charge in [0.15, 0.2) is 0 Å². The SMILES string of the molecule is CC1CCCN(C(=O)c2cccc(F)c2Cl)C1CN.Cl. The number of hydrogen-bond acceptors (Lipinski definition) is 2. The summed E-state index contributed by atoms with van der Waals surface area (Å²) < 4.78 is 13.4. The van der Waals surface area contributed by atoms with Crippen molar-refractivity contribution in [3.8, 4) is 0 Å². The predicted molar refractivity (Wildman–Crippen MR) is 80.9 cm³/mol. The molecule has 20 heavy (non-hydrogen) atoms. The highest BCUT2D eigenvalue weighted by Crippen LogP contribution is 2.27. The fourth-order valence-electron chi connectivity index (χ4n) is 2.68. The Morgan fingerprint density at radius 1 is 1.55 bits per heavy atom. The maximum Gasteiger partial charge on any atom is 0.255 e. The van der Waals surface area contributed by atoms with Crippen LogP contribution in [-0.2, 0) is 0 Å². The Hall–Kier alpha value is -0.840. The molecule has 1 fully saturated rings. The van der Waals surface area contributed by atoms with Crippen LogP contribution >= 0.6 is 24.0 Å². The number of halogens is 3. The number of amides is 1. The zero-order valence-electron chi connectivity index (χ0n) is 11.3. The van der Waals surface area contributed by atoms with Crippen LogP contribution in [0.3, 0.4) is 0 Å². The van der Waals surface area contributed by atoms with Gasteiger partial charge in [-0.05, 0) is 30.9 Å². The van der Waals surface area contributed by atoms with E-state index in [-0.39, 0.29) is 34.9 Å². The third kappa shape index (κ3) is 3.25. The molecule has 2 unspecified atom stereocenters. The Bertz CT molecular complexity index is 484. The van der Waals surface area contributed by atoms with E-state index < -0.39 is 5.82 Å². The number of hydrogen-bond donors (Lipinski definition) is 1. The molecule has 1 heterocycles. The lowest BCUT2D eigenvalue weighted by Crippen LogP contribution is -2.51. The molecule has 0 aliphatic carbocycles. The van der Waals surface area contributed by atoms with E-state index in [2.05, 4.69) is 6.92 Å². The molecule has 112 valence electrons. The molecular weight excluding hydrogens is 302 g/mol. The molecular formula is C14H19Cl2FN2O. The molecule has 3 nitrogen and oxygen atoms in total. The van der Waals surface area contributed by atoms with Crippen molar-refractivity contribution in [2.24, 2.45) is 11.7 Å². The van der Waals surface area contributed by atoms with Gasteiger partial charge in [-0.15, -0.1) is 12.4 Å². The lowest BCUT2D eigenvalue weighted by Gasteiger charge is -2.39. The van der Waals surface area contributed by atoms with E-state index in [1.54, 1.807) is 11.0 Å². The molecule has 0 bridgehead atoms. The molecule has 1 aliphatic heterocycles. The smallest absolute Gasteiger partial charge is 0.255 e. The largest absolute Gasteiger partial charge is 0.334 e. The van der Waals surface area contributed by atoms with E-state index in [1.807, 2.05) is 0 Å². The molecule has 2 atom stereocenters. The minimum atomic E-state index is -0.568. The number of rotatable bonds is 2. The van der Waals surface area contributed by atoms with Crippen molar-refractivity contribution < 1.29 is 9.18 Å².